The molecule has 0 heterocycles. The Morgan fingerprint density at radius 3 is 1.95 bits per heavy atom. The average Bonchev–Trinajstić information content (AvgIpc) is 2.53. The summed E-state index contributed by atoms with van der Waals surface area (Å²) in [6.45, 7) is 0. The van der Waals surface area contributed by atoms with Crippen molar-refractivity contribution in [2.24, 2.45) is 0 Å². The van der Waals surface area contributed by atoms with Crippen molar-refractivity contribution >= 4 is 19.4 Å². The normalized spacial score (nSPS) is 10.5. The average molecular weight is 325 g/mol. The van der Waals surface area contributed by atoms with Crippen LogP contribution in [0.25, 0.3) is 0 Å². The van der Waals surface area contributed by atoms with E-state index in [9.17, 15) is 10.5 Å². The molecule has 0 amide bonds. The molecule has 20 heavy (non-hydrogen) atoms. The van der Waals surface area contributed by atoms with Crippen LogP contribution in [-0.4, -0.2) is 15.0 Å². The first-order chi connectivity index (χ1) is 9.78. The molecular formula is C17H14N2Se. The minimum atomic E-state index is -0.885. The summed E-state index contributed by atoms with van der Waals surface area (Å²) in [6, 6.07) is 24.4. The van der Waals surface area contributed by atoms with Crippen molar-refractivity contribution in [1.29, 1.82) is 10.5 Å². The molecule has 0 aliphatic rings. The van der Waals surface area contributed by atoms with Gasteiger partial charge < -0.3 is 0 Å². The monoisotopic (exact) mass is 326 g/mol. The van der Waals surface area contributed by atoms with Gasteiger partial charge in [0.05, 0.1) is 0 Å². The summed E-state index contributed by atoms with van der Waals surface area (Å²) in [5, 5.41) is 18.9. The molecule has 2 nitrogen and oxygen atoms in total. The van der Waals surface area contributed by atoms with Crippen LogP contribution in [0.15, 0.2) is 60.7 Å². The van der Waals surface area contributed by atoms with E-state index in [1.54, 1.807) is 0 Å². The number of nitriles is 2. The Bertz CT molecular complexity index is 610. The number of hydrogen-bond donors (Lipinski definition) is 0. The summed E-state index contributed by atoms with van der Waals surface area (Å²) >= 11 is -0.160. The molecule has 0 N–H and O–H groups in total. The van der Waals surface area contributed by atoms with Gasteiger partial charge in [-0.15, -0.1) is 0 Å². The Kier molecular flexibility index (Phi) is 4.96. The third-order valence-electron chi connectivity index (χ3n) is 3.01. The van der Waals surface area contributed by atoms with Crippen LogP contribution in [0.2, 0.25) is 4.31 Å². The fourth-order valence-corrected chi connectivity index (χ4v) is 3.97. The van der Waals surface area contributed by atoms with E-state index in [0.717, 1.165) is 10.9 Å². The van der Waals surface area contributed by atoms with E-state index in [1.807, 2.05) is 60.7 Å². The fraction of sp³-hybridized carbons (Fsp3) is 0.176. The van der Waals surface area contributed by atoms with Crippen LogP contribution in [-0.2, 0) is 6.42 Å². The van der Waals surface area contributed by atoms with Crippen LogP contribution in [0.3, 0.4) is 0 Å². The molecule has 0 aliphatic heterocycles. The van der Waals surface area contributed by atoms with Gasteiger partial charge in [-0.05, 0) is 0 Å². The molecule has 0 atom stereocenters. The fourth-order valence-electron chi connectivity index (χ4n) is 1.89. The molecule has 2 rings (SSSR count). The summed E-state index contributed by atoms with van der Waals surface area (Å²) in [6.07, 6.45) is 1.34. The van der Waals surface area contributed by atoms with Crippen molar-refractivity contribution < 1.29 is 0 Å². The molecule has 2 aromatic carbocycles. The Morgan fingerprint density at radius 1 is 0.850 bits per heavy atom. The summed E-state index contributed by atoms with van der Waals surface area (Å²) in [5.74, 6) is 0. The van der Waals surface area contributed by atoms with Crippen molar-refractivity contribution in [2.75, 3.05) is 0 Å². The zero-order valence-electron chi connectivity index (χ0n) is 11.0. The molecule has 0 saturated heterocycles. The Balaban J connectivity index is 2.10. The summed E-state index contributed by atoms with van der Waals surface area (Å²) in [5.41, 5.74) is 1.17. The van der Waals surface area contributed by atoms with Crippen LogP contribution >= 0.6 is 0 Å². The molecule has 0 aromatic heterocycles. The van der Waals surface area contributed by atoms with E-state index in [0.29, 0.717) is 6.42 Å². The van der Waals surface area contributed by atoms with Crippen molar-refractivity contribution in [1.82, 2.24) is 0 Å². The zero-order valence-corrected chi connectivity index (χ0v) is 12.7. The second kappa shape index (κ2) is 6.92. The molecular weight excluding hydrogens is 311 g/mol. The Hall–Kier alpha value is -2.06. The van der Waals surface area contributed by atoms with E-state index in [-0.39, 0.29) is 15.0 Å². The van der Waals surface area contributed by atoms with Gasteiger partial charge in [-0.2, -0.15) is 0 Å². The number of rotatable bonds is 5. The summed E-state index contributed by atoms with van der Waals surface area (Å²) < 4.78 is 0.209. The molecule has 0 fully saturated rings. The molecule has 0 spiro atoms. The van der Waals surface area contributed by atoms with Gasteiger partial charge in [0.1, 0.15) is 0 Å². The van der Waals surface area contributed by atoms with Gasteiger partial charge in [0.2, 0.25) is 0 Å². The van der Waals surface area contributed by atoms with Crippen LogP contribution in [0, 0.1) is 22.7 Å². The maximum atomic E-state index is 9.46. The third-order valence-corrected chi connectivity index (χ3v) is 5.61. The first-order valence-electron chi connectivity index (χ1n) is 6.38. The van der Waals surface area contributed by atoms with E-state index < -0.39 is 4.31 Å². The van der Waals surface area contributed by atoms with Crippen molar-refractivity contribution in [3.63, 3.8) is 0 Å². The predicted molar refractivity (Wildman–Crippen MR) is 80.5 cm³/mol. The summed E-state index contributed by atoms with van der Waals surface area (Å²) in [7, 11) is 0. The molecule has 0 aliphatic carbocycles. The second-order valence-electron chi connectivity index (χ2n) is 4.45. The van der Waals surface area contributed by atoms with Gasteiger partial charge in [-0.3, -0.25) is 0 Å². The van der Waals surface area contributed by atoms with Crippen LogP contribution in [0.5, 0.6) is 0 Å². The second-order valence-corrected chi connectivity index (χ2v) is 7.33. The van der Waals surface area contributed by atoms with Gasteiger partial charge >= 0.3 is 125 Å². The number of aryl methyl sites for hydroxylation is 1. The molecule has 98 valence electrons. The molecule has 0 bridgehead atoms. The van der Waals surface area contributed by atoms with Crippen molar-refractivity contribution in [2.45, 2.75) is 17.2 Å². The molecule has 0 unspecified atom stereocenters. The standard InChI is InChI=1S/C17H14N2Se/c18-13-17(14-19,20-16-9-5-2-6-10-16)12-11-15-7-3-1-4-8-15/h1-10H,11-12H2. The van der Waals surface area contributed by atoms with Gasteiger partial charge in [0, 0.05) is 0 Å². The third kappa shape index (κ3) is 3.72. The zero-order chi connectivity index (χ0) is 14.3. The van der Waals surface area contributed by atoms with Crippen LogP contribution < -0.4 is 4.46 Å². The van der Waals surface area contributed by atoms with Crippen LogP contribution in [0.4, 0.5) is 0 Å². The van der Waals surface area contributed by atoms with Crippen LogP contribution in [0.1, 0.15) is 12.0 Å². The van der Waals surface area contributed by atoms with Gasteiger partial charge in [0.15, 0.2) is 0 Å². The summed E-state index contributed by atoms with van der Waals surface area (Å²) in [4.78, 5) is 0. The SMILES string of the molecule is N#CC(C#N)(CCc1ccccc1)[Se]c1ccccc1. The van der Waals surface area contributed by atoms with Crippen molar-refractivity contribution in [3.05, 3.63) is 66.2 Å². The van der Waals surface area contributed by atoms with E-state index in [4.69, 9.17) is 0 Å². The number of nitrogens with zero attached hydrogens (tertiary/aromatic N) is 2. The molecule has 0 saturated carbocycles. The quantitative estimate of drug-likeness (QED) is 0.794. The van der Waals surface area contributed by atoms with Gasteiger partial charge in [0.25, 0.3) is 0 Å². The Labute approximate surface area is 125 Å². The van der Waals surface area contributed by atoms with Crippen molar-refractivity contribution in [3.8, 4) is 12.1 Å². The maximum absolute atomic E-state index is 9.46. The molecule has 0 radical (unpaired) electrons. The molecule has 3 heteroatoms. The molecule has 2 aromatic rings. The number of hydrogen-bond acceptors (Lipinski definition) is 2. The van der Waals surface area contributed by atoms with Gasteiger partial charge in [-0.25, -0.2) is 0 Å². The van der Waals surface area contributed by atoms with E-state index in [1.165, 1.54) is 5.56 Å². The Morgan fingerprint density at radius 2 is 1.40 bits per heavy atom. The van der Waals surface area contributed by atoms with E-state index in [2.05, 4.69) is 12.1 Å². The van der Waals surface area contributed by atoms with Gasteiger partial charge in [-0.1, -0.05) is 0 Å². The van der Waals surface area contributed by atoms with E-state index >= 15 is 0 Å². The number of benzene rings is 2. The first-order valence-corrected chi connectivity index (χ1v) is 8.10. The minimum absolute atomic E-state index is 0.160. The predicted octanol–water partition coefficient (Wildman–Crippen LogP) is 2.85. The first kappa shape index (κ1) is 14.4. The topological polar surface area (TPSA) is 47.6 Å².